The third-order valence-electron chi connectivity index (χ3n) is 5.06. The predicted octanol–water partition coefficient (Wildman–Crippen LogP) is 3.57. The van der Waals surface area contributed by atoms with E-state index in [-0.39, 0.29) is 35.5 Å². The average Bonchev–Trinajstić information content (AvgIpc) is 3.24. The maximum Gasteiger partial charge on any atom is 0.573 e. The number of halogens is 3. The Balaban J connectivity index is 1.63. The Kier molecular flexibility index (Phi) is 5.00. The minimum Gasteiger partial charge on any atom is -0.406 e. The van der Waals surface area contributed by atoms with Crippen molar-refractivity contribution in [1.29, 1.82) is 0 Å². The van der Waals surface area contributed by atoms with Gasteiger partial charge in [-0.2, -0.15) is 0 Å². The van der Waals surface area contributed by atoms with Gasteiger partial charge in [0.2, 0.25) is 5.91 Å². The number of pyridine rings is 1. The number of carbonyl (C=O) groups excluding carboxylic acids is 1. The average molecular weight is 421 g/mol. The van der Waals surface area contributed by atoms with Crippen molar-refractivity contribution in [3.8, 4) is 17.0 Å². The molecule has 0 saturated carbocycles. The maximum atomic E-state index is 12.6. The van der Waals surface area contributed by atoms with Crippen LogP contribution in [0.5, 0.6) is 5.75 Å². The summed E-state index contributed by atoms with van der Waals surface area (Å²) in [4.78, 5) is 31.0. The van der Waals surface area contributed by atoms with Crippen molar-refractivity contribution in [3.05, 3.63) is 46.9 Å². The molecule has 2 aromatic heterocycles. The van der Waals surface area contributed by atoms with Crippen LogP contribution in [0.25, 0.3) is 22.5 Å². The summed E-state index contributed by atoms with van der Waals surface area (Å²) in [6, 6.07) is 8.44. The smallest absolute Gasteiger partial charge is 0.406 e. The number of rotatable bonds is 4. The number of likely N-dealkylation sites (tertiary alicyclic amines) is 1. The van der Waals surface area contributed by atoms with Gasteiger partial charge in [0.25, 0.3) is 0 Å². The number of alkyl halides is 3. The molecular formula is C20H18F3N3O4. The van der Waals surface area contributed by atoms with Crippen LogP contribution in [-0.2, 0) is 11.3 Å². The fourth-order valence-corrected chi connectivity index (χ4v) is 3.60. The van der Waals surface area contributed by atoms with Gasteiger partial charge in [0.15, 0.2) is 11.2 Å². The number of ether oxygens (including phenoxy) is 1. The van der Waals surface area contributed by atoms with E-state index in [0.29, 0.717) is 17.8 Å². The van der Waals surface area contributed by atoms with E-state index in [4.69, 9.17) is 4.42 Å². The zero-order chi connectivity index (χ0) is 21.5. The van der Waals surface area contributed by atoms with Crippen molar-refractivity contribution < 1.29 is 27.1 Å². The minimum absolute atomic E-state index is 0.118. The van der Waals surface area contributed by atoms with Crippen LogP contribution in [-0.4, -0.2) is 39.3 Å². The molecule has 1 aliphatic heterocycles. The van der Waals surface area contributed by atoms with Crippen LogP contribution in [0.2, 0.25) is 0 Å². The first-order valence-corrected chi connectivity index (χ1v) is 9.37. The molecule has 3 heterocycles. The van der Waals surface area contributed by atoms with E-state index >= 15 is 0 Å². The zero-order valence-corrected chi connectivity index (χ0v) is 16.0. The Bertz CT molecular complexity index is 1130. The highest BCUT2D eigenvalue weighted by atomic mass is 19.4. The third kappa shape index (κ3) is 4.03. The summed E-state index contributed by atoms with van der Waals surface area (Å²) in [7, 11) is 0. The van der Waals surface area contributed by atoms with Crippen molar-refractivity contribution in [3.63, 3.8) is 0 Å². The molecule has 30 heavy (non-hydrogen) atoms. The lowest BCUT2D eigenvalue weighted by molar-refractivity contribution is -0.274. The number of nitrogens with zero attached hydrogens (tertiary/aromatic N) is 3. The van der Waals surface area contributed by atoms with E-state index in [0.717, 1.165) is 12.8 Å². The molecule has 0 unspecified atom stereocenters. The van der Waals surface area contributed by atoms with Gasteiger partial charge in [-0.3, -0.25) is 4.79 Å². The molecule has 1 aromatic carbocycles. The van der Waals surface area contributed by atoms with Crippen LogP contribution in [0.4, 0.5) is 13.2 Å². The van der Waals surface area contributed by atoms with Gasteiger partial charge in [0.1, 0.15) is 12.3 Å². The normalized spacial score (nSPS) is 16.9. The van der Waals surface area contributed by atoms with Crippen molar-refractivity contribution in [1.82, 2.24) is 14.5 Å². The van der Waals surface area contributed by atoms with Gasteiger partial charge >= 0.3 is 12.1 Å². The number of benzene rings is 1. The molecule has 0 aliphatic carbocycles. The van der Waals surface area contributed by atoms with Gasteiger partial charge < -0.3 is 14.1 Å². The van der Waals surface area contributed by atoms with Crippen LogP contribution >= 0.6 is 0 Å². The first-order chi connectivity index (χ1) is 14.2. The van der Waals surface area contributed by atoms with Crippen molar-refractivity contribution in [2.45, 2.75) is 38.7 Å². The number of carbonyl (C=O) groups is 1. The van der Waals surface area contributed by atoms with Crippen molar-refractivity contribution in [2.75, 3.05) is 6.54 Å². The molecule has 158 valence electrons. The fraction of sp³-hybridized carbons (Fsp3) is 0.350. The monoisotopic (exact) mass is 421 g/mol. The predicted molar refractivity (Wildman–Crippen MR) is 101 cm³/mol. The molecule has 1 saturated heterocycles. The number of hydrogen-bond acceptors (Lipinski definition) is 5. The molecule has 7 nitrogen and oxygen atoms in total. The van der Waals surface area contributed by atoms with Gasteiger partial charge in [-0.1, -0.05) is 0 Å². The van der Waals surface area contributed by atoms with E-state index in [9.17, 15) is 22.8 Å². The van der Waals surface area contributed by atoms with Gasteiger partial charge in [0, 0.05) is 18.2 Å². The Morgan fingerprint density at radius 1 is 1.23 bits per heavy atom. The van der Waals surface area contributed by atoms with E-state index in [1.165, 1.54) is 28.8 Å². The van der Waals surface area contributed by atoms with Crippen LogP contribution in [0.15, 0.2) is 45.6 Å². The molecular weight excluding hydrogens is 403 g/mol. The molecule has 0 bridgehead atoms. The van der Waals surface area contributed by atoms with E-state index in [1.54, 1.807) is 17.0 Å². The SMILES string of the molecule is C[C@H]1CCCN1C(=O)Cn1c(=O)oc2ccc(-c3ccc(OC(F)(F)F)cc3)nc21. The summed E-state index contributed by atoms with van der Waals surface area (Å²) in [5.41, 5.74) is 1.36. The van der Waals surface area contributed by atoms with Gasteiger partial charge in [-0.15, -0.1) is 13.2 Å². The first kappa shape index (κ1) is 20.0. The van der Waals surface area contributed by atoms with Crippen LogP contribution in [0.1, 0.15) is 19.8 Å². The van der Waals surface area contributed by atoms with Crippen LogP contribution < -0.4 is 10.5 Å². The van der Waals surface area contributed by atoms with Crippen molar-refractivity contribution >= 4 is 17.1 Å². The molecule has 10 heteroatoms. The van der Waals surface area contributed by atoms with E-state index in [1.807, 2.05) is 6.92 Å². The summed E-state index contributed by atoms with van der Waals surface area (Å²) in [5, 5.41) is 0. The molecule has 1 aliphatic rings. The Morgan fingerprint density at radius 2 is 1.97 bits per heavy atom. The molecule has 1 atom stereocenters. The number of amides is 1. The molecule has 1 amide bonds. The second kappa shape index (κ2) is 7.51. The number of aromatic nitrogens is 2. The quantitative estimate of drug-likeness (QED) is 0.644. The summed E-state index contributed by atoms with van der Waals surface area (Å²) in [5.74, 6) is -1.23. The van der Waals surface area contributed by atoms with E-state index in [2.05, 4.69) is 9.72 Å². The lowest BCUT2D eigenvalue weighted by atomic mass is 10.1. The summed E-state index contributed by atoms with van der Waals surface area (Å²) in [6.07, 6.45) is -2.93. The molecule has 0 spiro atoms. The fourth-order valence-electron chi connectivity index (χ4n) is 3.60. The van der Waals surface area contributed by atoms with Gasteiger partial charge in [-0.05, 0) is 56.2 Å². The summed E-state index contributed by atoms with van der Waals surface area (Å²) < 4.78 is 47.2. The van der Waals surface area contributed by atoms with Gasteiger partial charge in [0.05, 0.1) is 5.69 Å². The lowest BCUT2D eigenvalue weighted by Gasteiger charge is -2.21. The van der Waals surface area contributed by atoms with Crippen molar-refractivity contribution in [2.24, 2.45) is 0 Å². The minimum atomic E-state index is -4.77. The molecule has 3 aromatic rings. The highest BCUT2D eigenvalue weighted by Crippen LogP contribution is 2.27. The Hall–Kier alpha value is -3.30. The number of hydrogen-bond donors (Lipinski definition) is 0. The molecule has 1 fully saturated rings. The first-order valence-electron chi connectivity index (χ1n) is 9.37. The topological polar surface area (TPSA) is 77.6 Å². The third-order valence-corrected chi connectivity index (χ3v) is 5.06. The Labute approximate surface area is 168 Å². The summed E-state index contributed by atoms with van der Waals surface area (Å²) in [6.45, 7) is 2.42. The van der Waals surface area contributed by atoms with Crippen LogP contribution in [0, 0.1) is 0 Å². The van der Waals surface area contributed by atoms with Gasteiger partial charge in [-0.25, -0.2) is 14.3 Å². The molecule has 0 radical (unpaired) electrons. The molecule has 0 N–H and O–H groups in total. The lowest BCUT2D eigenvalue weighted by Crippen LogP contribution is -2.37. The highest BCUT2D eigenvalue weighted by Gasteiger charge is 2.31. The second-order valence-electron chi connectivity index (χ2n) is 7.12. The van der Waals surface area contributed by atoms with Crippen LogP contribution in [0.3, 0.4) is 0 Å². The van der Waals surface area contributed by atoms with E-state index < -0.39 is 12.1 Å². The largest absolute Gasteiger partial charge is 0.573 e. The Morgan fingerprint density at radius 3 is 2.60 bits per heavy atom. The number of fused-ring (bicyclic) bond motifs is 1. The summed E-state index contributed by atoms with van der Waals surface area (Å²) >= 11 is 0. The number of oxazole rings is 1. The standard InChI is InChI=1S/C20H18F3N3O4/c1-12-3-2-10-25(12)17(27)11-26-18-16(29-19(26)28)9-8-15(24-18)13-4-6-14(7-5-13)30-20(21,22)23/h4-9,12H,2-3,10-11H2,1H3/t12-/m0/s1. The zero-order valence-electron chi connectivity index (χ0n) is 16.0. The molecule has 4 rings (SSSR count). The second-order valence-corrected chi connectivity index (χ2v) is 7.12. The maximum absolute atomic E-state index is 12.6. The highest BCUT2D eigenvalue weighted by molar-refractivity contribution is 5.80.